The molecule has 2 aromatic rings. The SMILES string of the molecule is C=C(NC/C(=C/C(=C)C(C)C)ON)NC(=CC(N)=Nc1cc(C2CC2)[nH]n1)N1C[C@H]2C[C@@H]1CN2Cc1ccccc1. The van der Waals surface area contributed by atoms with Crippen molar-refractivity contribution in [2.45, 2.75) is 57.7 Å². The zero-order valence-electron chi connectivity index (χ0n) is 24.1. The van der Waals surface area contributed by atoms with Crippen LogP contribution in [0.2, 0.25) is 0 Å². The molecule has 0 amide bonds. The summed E-state index contributed by atoms with van der Waals surface area (Å²) >= 11 is 0. The maximum absolute atomic E-state index is 6.44. The first-order valence-corrected chi connectivity index (χ1v) is 14.4. The third-order valence-electron chi connectivity index (χ3n) is 8.02. The highest BCUT2D eigenvalue weighted by Crippen LogP contribution is 2.39. The van der Waals surface area contributed by atoms with Crippen LogP contribution in [0.3, 0.4) is 0 Å². The van der Waals surface area contributed by atoms with Gasteiger partial charge in [-0.1, -0.05) is 57.3 Å². The number of amidine groups is 1. The van der Waals surface area contributed by atoms with Gasteiger partial charge in [0.15, 0.2) is 5.82 Å². The summed E-state index contributed by atoms with van der Waals surface area (Å²) in [6.07, 6.45) is 7.21. The number of aromatic amines is 1. The smallest absolute Gasteiger partial charge is 0.175 e. The van der Waals surface area contributed by atoms with Crippen molar-refractivity contribution in [1.82, 2.24) is 30.6 Å². The van der Waals surface area contributed by atoms with Crippen LogP contribution in [-0.2, 0) is 11.4 Å². The topological polar surface area (TPSA) is 133 Å². The number of nitrogens with two attached hydrogens (primary N) is 2. The van der Waals surface area contributed by atoms with Crippen LogP contribution in [0.5, 0.6) is 0 Å². The highest BCUT2D eigenvalue weighted by Gasteiger charge is 2.44. The summed E-state index contributed by atoms with van der Waals surface area (Å²) in [4.78, 5) is 14.6. The largest absolute Gasteiger partial charge is 0.414 e. The monoisotopic (exact) mass is 557 g/mol. The zero-order chi connectivity index (χ0) is 28.9. The molecule has 3 aliphatic rings. The number of hydrogen-bond acceptors (Lipinski definition) is 8. The molecular formula is C31H43N9O. The number of fused-ring (bicyclic) bond motifs is 2. The van der Waals surface area contributed by atoms with Gasteiger partial charge in [0.2, 0.25) is 0 Å². The third kappa shape index (κ3) is 7.39. The molecule has 1 saturated carbocycles. The van der Waals surface area contributed by atoms with Gasteiger partial charge in [-0.15, -0.1) is 0 Å². The maximum Gasteiger partial charge on any atom is 0.175 e. The Morgan fingerprint density at radius 1 is 1.20 bits per heavy atom. The Bertz CT molecular complexity index is 1320. The number of H-pyrrole nitrogens is 1. The molecule has 7 N–H and O–H groups in total. The first kappa shape index (κ1) is 28.5. The van der Waals surface area contributed by atoms with Gasteiger partial charge in [-0.25, -0.2) is 4.99 Å². The molecule has 3 heterocycles. The van der Waals surface area contributed by atoms with Gasteiger partial charge in [0.05, 0.1) is 12.4 Å². The van der Waals surface area contributed by atoms with Crippen molar-refractivity contribution >= 4 is 11.7 Å². The number of hydrogen-bond donors (Lipinski definition) is 5. The average Bonchev–Trinajstić information content (AvgIpc) is 3.37. The second kappa shape index (κ2) is 12.7. The number of allylic oxidation sites excluding steroid dienone is 2. The number of piperazine rings is 1. The van der Waals surface area contributed by atoms with Gasteiger partial charge in [-0.05, 0) is 42.4 Å². The molecule has 41 heavy (non-hydrogen) atoms. The molecule has 0 radical (unpaired) electrons. The Kier molecular flexibility index (Phi) is 8.80. The number of likely N-dealkylation sites (tertiary alicyclic amines) is 2. The molecule has 1 aromatic heterocycles. The van der Waals surface area contributed by atoms with E-state index in [0.717, 1.165) is 43.1 Å². The van der Waals surface area contributed by atoms with E-state index in [-0.39, 0.29) is 0 Å². The van der Waals surface area contributed by atoms with Crippen molar-refractivity contribution in [3.05, 3.63) is 95.9 Å². The number of aromatic nitrogens is 2. The molecule has 2 atom stereocenters. The summed E-state index contributed by atoms with van der Waals surface area (Å²) in [6, 6.07) is 13.4. The highest BCUT2D eigenvalue weighted by atomic mass is 16.6. The van der Waals surface area contributed by atoms with Gasteiger partial charge in [0, 0.05) is 55.5 Å². The molecule has 10 heteroatoms. The van der Waals surface area contributed by atoms with E-state index in [2.05, 4.69) is 93.0 Å². The van der Waals surface area contributed by atoms with Gasteiger partial charge < -0.3 is 26.1 Å². The lowest BCUT2D eigenvalue weighted by molar-refractivity contribution is 0.143. The van der Waals surface area contributed by atoms with E-state index in [1.54, 1.807) is 0 Å². The number of nitrogens with zero attached hydrogens (tertiary/aromatic N) is 4. The van der Waals surface area contributed by atoms with Gasteiger partial charge in [-0.2, -0.15) is 11.0 Å². The number of aliphatic imine (C=N–C) groups is 1. The van der Waals surface area contributed by atoms with Crippen molar-refractivity contribution in [2.75, 3.05) is 19.6 Å². The molecular weight excluding hydrogens is 514 g/mol. The maximum atomic E-state index is 6.44. The van der Waals surface area contributed by atoms with Crippen LogP contribution in [0.15, 0.2) is 89.7 Å². The molecule has 2 saturated heterocycles. The van der Waals surface area contributed by atoms with Crippen LogP contribution >= 0.6 is 0 Å². The number of rotatable bonds is 14. The van der Waals surface area contributed by atoms with E-state index in [1.807, 2.05) is 18.2 Å². The van der Waals surface area contributed by atoms with Crippen molar-refractivity contribution < 1.29 is 4.84 Å². The lowest BCUT2D eigenvalue weighted by atomic mass is 10.0. The van der Waals surface area contributed by atoms with E-state index in [1.165, 1.54) is 18.4 Å². The summed E-state index contributed by atoms with van der Waals surface area (Å²) in [6.45, 7) is 15.6. The summed E-state index contributed by atoms with van der Waals surface area (Å²) in [7, 11) is 0. The van der Waals surface area contributed by atoms with Crippen molar-refractivity contribution in [2.24, 2.45) is 22.5 Å². The van der Waals surface area contributed by atoms with Gasteiger partial charge in [-0.3, -0.25) is 10.00 Å². The minimum absolute atomic E-state index is 0.292. The minimum atomic E-state index is 0.292. The Balaban J connectivity index is 1.28. The van der Waals surface area contributed by atoms with Crippen LogP contribution in [0.4, 0.5) is 5.82 Å². The average molecular weight is 558 g/mol. The Morgan fingerprint density at radius 3 is 2.63 bits per heavy atom. The van der Waals surface area contributed by atoms with Crippen molar-refractivity contribution in [3.63, 3.8) is 0 Å². The Hall–Kier alpha value is -4.02. The van der Waals surface area contributed by atoms with Gasteiger partial charge in [0.25, 0.3) is 0 Å². The predicted octanol–water partition coefficient (Wildman–Crippen LogP) is 3.71. The van der Waals surface area contributed by atoms with Crippen LogP contribution in [-0.4, -0.2) is 57.6 Å². The molecule has 2 bridgehead atoms. The lowest BCUT2D eigenvalue weighted by Gasteiger charge is -2.37. The Labute approximate surface area is 242 Å². The quantitative estimate of drug-likeness (QED) is 0.0781. The van der Waals surface area contributed by atoms with E-state index in [9.17, 15) is 0 Å². The van der Waals surface area contributed by atoms with E-state index < -0.39 is 0 Å². The van der Waals surface area contributed by atoms with Crippen LogP contribution in [0.25, 0.3) is 0 Å². The van der Waals surface area contributed by atoms with E-state index in [0.29, 0.717) is 53.7 Å². The molecule has 3 fully saturated rings. The second-order valence-electron chi connectivity index (χ2n) is 11.5. The fraction of sp³-hybridized carbons (Fsp3) is 0.419. The molecule has 218 valence electrons. The van der Waals surface area contributed by atoms with Crippen molar-refractivity contribution in [3.8, 4) is 0 Å². The lowest BCUT2D eigenvalue weighted by Crippen LogP contribution is -2.48. The molecule has 0 unspecified atom stereocenters. The number of nitrogens with one attached hydrogen (secondary N) is 3. The fourth-order valence-electron chi connectivity index (χ4n) is 5.43. The van der Waals surface area contributed by atoms with Crippen molar-refractivity contribution in [1.29, 1.82) is 0 Å². The normalized spacial score (nSPS) is 21.5. The third-order valence-corrected chi connectivity index (χ3v) is 8.02. The molecule has 10 nitrogen and oxygen atoms in total. The standard InChI is InChI=1S/C31H43N9O/c1-20(2)21(3)12-27(41-33)16-34-22(4)35-31(15-29(32)36-30-14-28(37-38-30)24-10-11-24)40-19-25-13-26(40)18-39(25)17-23-8-6-5-7-9-23/h5-9,12,14-15,20,24-26,34-35H,3-4,10-11,13,16-19,33H2,1-2H3,(H3,32,36,37,38)/b27-12-,31-15?/t25-,26-/m1/s1. The van der Waals surface area contributed by atoms with Crippen LogP contribution in [0.1, 0.15) is 50.3 Å². The minimum Gasteiger partial charge on any atom is -0.414 e. The molecule has 1 aromatic carbocycles. The fourth-order valence-corrected chi connectivity index (χ4v) is 5.43. The van der Waals surface area contributed by atoms with Crippen LogP contribution in [0, 0.1) is 5.92 Å². The highest BCUT2D eigenvalue weighted by molar-refractivity contribution is 5.93. The molecule has 5 rings (SSSR count). The summed E-state index contributed by atoms with van der Waals surface area (Å²) in [5.74, 6) is 9.36. The van der Waals surface area contributed by atoms with Gasteiger partial charge >= 0.3 is 0 Å². The summed E-state index contributed by atoms with van der Waals surface area (Å²) < 4.78 is 0. The van der Waals surface area contributed by atoms with Crippen LogP contribution < -0.4 is 22.3 Å². The van der Waals surface area contributed by atoms with E-state index in [4.69, 9.17) is 16.5 Å². The van der Waals surface area contributed by atoms with Gasteiger partial charge in [0.1, 0.15) is 17.4 Å². The molecule has 0 spiro atoms. The predicted molar refractivity (Wildman–Crippen MR) is 163 cm³/mol. The molecule has 1 aliphatic carbocycles. The number of benzene rings is 1. The second-order valence-corrected chi connectivity index (χ2v) is 11.5. The zero-order valence-corrected chi connectivity index (χ0v) is 24.1. The molecule has 2 aliphatic heterocycles. The first-order chi connectivity index (χ1) is 19.8. The first-order valence-electron chi connectivity index (χ1n) is 14.4. The Morgan fingerprint density at radius 2 is 1.98 bits per heavy atom. The van der Waals surface area contributed by atoms with E-state index >= 15 is 0 Å². The summed E-state index contributed by atoms with van der Waals surface area (Å²) in [5, 5.41) is 14.1. The summed E-state index contributed by atoms with van der Waals surface area (Å²) in [5.41, 5.74) is 9.84.